The van der Waals surface area contributed by atoms with E-state index in [-0.39, 0.29) is 18.0 Å². The second-order valence-electron chi connectivity index (χ2n) is 3.86. The van der Waals surface area contributed by atoms with Gasteiger partial charge in [0.05, 0.1) is 11.3 Å². The van der Waals surface area contributed by atoms with Crippen LogP contribution in [0.25, 0.3) is 0 Å². The molecule has 6 heteroatoms. The number of anilines is 1. The Kier molecular flexibility index (Phi) is 3.59. The fourth-order valence-corrected chi connectivity index (χ4v) is 1.53. The summed E-state index contributed by atoms with van der Waals surface area (Å²) in [6, 6.07) is 8.55. The Hall–Kier alpha value is -2.24. The maximum atomic E-state index is 12.8. The van der Waals surface area contributed by atoms with E-state index in [9.17, 15) is 13.2 Å². The minimum Gasteiger partial charge on any atom is -0.487 e. The van der Waals surface area contributed by atoms with E-state index in [2.05, 4.69) is 4.98 Å². The molecule has 0 saturated carbocycles. The highest BCUT2D eigenvalue weighted by atomic mass is 19.4. The number of rotatable bonds is 3. The monoisotopic (exact) mass is 268 g/mol. The van der Waals surface area contributed by atoms with Crippen molar-refractivity contribution >= 4 is 5.69 Å². The van der Waals surface area contributed by atoms with Crippen molar-refractivity contribution in [3.8, 4) is 5.75 Å². The summed E-state index contributed by atoms with van der Waals surface area (Å²) in [4.78, 5) is 3.97. The zero-order valence-electron chi connectivity index (χ0n) is 9.82. The number of hydrogen-bond donors (Lipinski definition) is 1. The number of aromatic nitrogens is 1. The summed E-state index contributed by atoms with van der Waals surface area (Å²) in [5.74, 6) is -0.257. The number of nitrogen functional groups attached to an aromatic ring is 1. The second-order valence-corrected chi connectivity index (χ2v) is 3.86. The number of benzene rings is 1. The van der Waals surface area contributed by atoms with Gasteiger partial charge in [0.15, 0.2) is 0 Å². The lowest BCUT2D eigenvalue weighted by atomic mass is 10.1. The highest BCUT2D eigenvalue weighted by molar-refractivity contribution is 5.49. The number of halogens is 3. The van der Waals surface area contributed by atoms with E-state index in [1.54, 1.807) is 24.4 Å². The van der Waals surface area contributed by atoms with Gasteiger partial charge < -0.3 is 10.5 Å². The van der Waals surface area contributed by atoms with Crippen LogP contribution in [0.1, 0.15) is 11.3 Å². The first kappa shape index (κ1) is 13.2. The van der Waals surface area contributed by atoms with E-state index in [0.717, 1.165) is 6.07 Å². The summed E-state index contributed by atoms with van der Waals surface area (Å²) < 4.78 is 43.6. The van der Waals surface area contributed by atoms with Crippen LogP contribution < -0.4 is 10.5 Å². The number of pyridine rings is 1. The zero-order valence-corrected chi connectivity index (χ0v) is 9.82. The van der Waals surface area contributed by atoms with Crippen molar-refractivity contribution < 1.29 is 17.9 Å². The van der Waals surface area contributed by atoms with Gasteiger partial charge in [0.1, 0.15) is 12.4 Å². The summed E-state index contributed by atoms with van der Waals surface area (Å²) in [5.41, 5.74) is 5.07. The fraction of sp³-hybridized carbons (Fsp3) is 0.154. The Balaban J connectivity index is 2.21. The molecule has 2 aromatic rings. The molecular formula is C13H11F3N2O. The van der Waals surface area contributed by atoms with Gasteiger partial charge in [0.25, 0.3) is 0 Å². The summed E-state index contributed by atoms with van der Waals surface area (Å²) in [7, 11) is 0. The van der Waals surface area contributed by atoms with Gasteiger partial charge in [0, 0.05) is 11.9 Å². The topological polar surface area (TPSA) is 48.1 Å². The van der Waals surface area contributed by atoms with E-state index < -0.39 is 11.7 Å². The molecule has 0 bridgehead atoms. The van der Waals surface area contributed by atoms with E-state index in [4.69, 9.17) is 10.5 Å². The molecule has 2 rings (SSSR count). The average molecular weight is 268 g/mol. The molecule has 0 amide bonds. The first-order valence-corrected chi connectivity index (χ1v) is 5.46. The third-order valence-electron chi connectivity index (χ3n) is 2.41. The lowest BCUT2D eigenvalue weighted by Gasteiger charge is -2.14. The van der Waals surface area contributed by atoms with Crippen molar-refractivity contribution in [1.82, 2.24) is 4.98 Å². The van der Waals surface area contributed by atoms with E-state index in [1.807, 2.05) is 0 Å². The molecular weight excluding hydrogens is 257 g/mol. The lowest BCUT2D eigenvalue weighted by Crippen LogP contribution is -2.09. The van der Waals surface area contributed by atoms with Gasteiger partial charge in [-0.05, 0) is 30.3 Å². The zero-order chi connectivity index (χ0) is 13.9. The SMILES string of the molecule is Nc1ccc(OCc2ccccn2)c(C(F)(F)F)c1. The Morgan fingerprint density at radius 3 is 2.58 bits per heavy atom. The molecule has 3 nitrogen and oxygen atoms in total. The quantitative estimate of drug-likeness (QED) is 0.869. The normalized spacial score (nSPS) is 11.3. The standard InChI is InChI=1S/C13H11F3N2O/c14-13(15,16)11-7-9(17)4-5-12(11)19-8-10-3-1-2-6-18-10/h1-7H,8,17H2. The highest BCUT2D eigenvalue weighted by Gasteiger charge is 2.34. The number of nitrogens with zero attached hydrogens (tertiary/aromatic N) is 1. The van der Waals surface area contributed by atoms with Crippen LogP contribution in [0.15, 0.2) is 42.6 Å². The van der Waals surface area contributed by atoms with Crippen LogP contribution in [-0.2, 0) is 12.8 Å². The van der Waals surface area contributed by atoms with Crippen LogP contribution in [0.4, 0.5) is 18.9 Å². The molecule has 2 N–H and O–H groups in total. The number of nitrogens with two attached hydrogens (primary N) is 1. The summed E-state index contributed by atoms with van der Waals surface area (Å²) in [6.07, 6.45) is -2.96. The number of alkyl halides is 3. The molecule has 0 aliphatic heterocycles. The Labute approximate surface area is 107 Å². The molecule has 19 heavy (non-hydrogen) atoms. The van der Waals surface area contributed by atoms with Gasteiger partial charge in [-0.1, -0.05) is 6.07 Å². The van der Waals surface area contributed by atoms with Crippen molar-refractivity contribution in [2.75, 3.05) is 5.73 Å². The number of ether oxygens (including phenoxy) is 1. The predicted molar refractivity (Wildman–Crippen MR) is 64.4 cm³/mol. The molecule has 0 aliphatic carbocycles. The molecule has 0 unspecified atom stereocenters. The molecule has 1 aromatic heterocycles. The fourth-order valence-electron chi connectivity index (χ4n) is 1.53. The van der Waals surface area contributed by atoms with E-state index in [1.165, 1.54) is 12.1 Å². The van der Waals surface area contributed by atoms with Crippen molar-refractivity contribution in [3.05, 3.63) is 53.9 Å². The Morgan fingerprint density at radius 1 is 1.16 bits per heavy atom. The molecule has 0 fully saturated rings. The Bertz CT molecular complexity index is 556. The predicted octanol–water partition coefficient (Wildman–Crippen LogP) is 3.26. The van der Waals surface area contributed by atoms with Crippen molar-refractivity contribution in [2.24, 2.45) is 0 Å². The van der Waals surface area contributed by atoms with Gasteiger partial charge in [0.2, 0.25) is 0 Å². The van der Waals surface area contributed by atoms with Gasteiger partial charge in [-0.25, -0.2) is 0 Å². The molecule has 100 valence electrons. The van der Waals surface area contributed by atoms with Crippen LogP contribution in [0.5, 0.6) is 5.75 Å². The first-order chi connectivity index (χ1) is 8.97. The van der Waals surface area contributed by atoms with Crippen molar-refractivity contribution in [2.45, 2.75) is 12.8 Å². The molecule has 0 spiro atoms. The summed E-state index contributed by atoms with van der Waals surface area (Å²) >= 11 is 0. The first-order valence-electron chi connectivity index (χ1n) is 5.46. The third-order valence-corrected chi connectivity index (χ3v) is 2.41. The third kappa shape index (κ3) is 3.37. The van der Waals surface area contributed by atoms with Crippen LogP contribution in [0.2, 0.25) is 0 Å². The van der Waals surface area contributed by atoms with Crippen LogP contribution >= 0.6 is 0 Å². The molecule has 1 aromatic carbocycles. The van der Waals surface area contributed by atoms with Crippen LogP contribution in [0, 0.1) is 0 Å². The lowest BCUT2D eigenvalue weighted by molar-refractivity contribution is -0.139. The van der Waals surface area contributed by atoms with Gasteiger partial charge in [-0.15, -0.1) is 0 Å². The van der Waals surface area contributed by atoms with Gasteiger partial charge in [-0.2, -0.15) is 13.2 Å². The molecule has 0 radical (unpaired) electrons. The van der Waals surface area contributed by atoms with E-state index >= 15 is 0 Å². The average Bonchev–Trinajstić information content (AvgIpc) is 2.37. The van der Waals surface area contributed by atoms with Gasteiger partial charge >= 0.3 is 6.18 Å². The van der Waals surface area contributed by atoms with Gasteiger partial charge in [-0.3, -0.25) is 4.98 Å². The second kappa shape index (κ2) is 5.17. The molecule has 0 saturated heterocycles. The molecule has 0 aliphatic rings. The van der Waals surface area contributed by atoms with E-state index in [0.29, 0.717) is 5.69 Å². The minimum absolute atomic E-state index is 0.0339. The van der Waals surface area contributed by atoms with Crippen LogP contribution in [-0.4, -0.2) is 4.98 Å². The largest absolute Gasteiger partial charge is 0.487 e. The summed E-state index contributed by atoms with van der Waals surface area (Å²) in [6.45, 7) is -0.0339. The highest BCUT2D eigenvalue weighted by Crippen LogP contribution is 2.37. The Morgan fingerprint density at radius 2 is 1.95 bits per heavy atom. The van der Waals surface area contributed by atoms with Crippen molar-refractivity contribution in [3.63, 3.8) is 0 Å². The maximum Gasteiger partial charge on any atom is 0.420 e. The maximum absolute atomic E-state index is 12.8. The number of hydrogen-bond acceptors (Lipinski definition) is 3. The minimum atomic E-state index is -4.51. The van der Waals surface area contributed by atoms with Crippen LogP contribution in [0.3, 0.4) is 0 Å². The molecule has 1 heterocycles. The summed E-state index contributed by atoms with van der Waals surface area (Å²) in [5, 5.41) is 0. The smallest absolute Gasteiger partial charge is 0.420 e. The van der Waals surface area contributed by atoms with Crippen molar-refractivity contribution in [1.29, 1.82) is 0 Å². The molecule has 0 atom stereocenters.